The highest BCUT2D eigenvalue weighted by Gasteiger charge is 2.16. The van der Waals surface area contributed by atoms with Gasteiger partial charge in [-0.05, 0) is 37.2 Å². The molecule has 1 atom stereocenters. The Bertz CT molecular complexity index is 517. The number of ether oxygens (including phenoxy) is 1. The molecule has 1 amide bonds. The summed E-state index contributed by atoms with van der Waals surface area (Å²) in [6, 6.07) is 5.71. The number of carbonyl (C=O) groups excluding carboxylic acids is 1. The number of rotatable bonds is 7. The van der Waals surface area contributed by atoms with Crippen molar-refractivity contribution >= 4 is 5.91 Å². The van der Waals surface area contributed by atoms with Gasteiger partial charge in [0.05, 0.1) is 0 Å². The molecule has 0 aromatic heterocycles. The van der Waals surface area contributed by atoms with Crippen molar-refractivity contribution in [2.45, 2.75) is 13.5 Å². The van der Waals surface area contributed by atoms with Gasteiger partial charge in [-0.15, -0.1) is 0 Å². The number of nitrogens with one attached hydrogen (secondary N) is 1. The third-order valence-corrected chi connectivity index (χ3v) is 4.12. The van der Waals surface area contributed by atoms with Crippen LogP contribution in [0.1, 0.15) is 17.3 Å². The molecular formula is C17H25F2N3O2. The Morgan fingerprint density at radius 3 is 2.42 bits per heavy atom. The molecular weight excluding hydrogens is 316 g/mol. The van der Waals surface area contributed by atoms with Gasteiger partial charge in [0.1, 0.15) is 5.75 Å². The molecule has 1 aromatic rings. The lowest BCUT2D eigenvalue weighted by Crippen LogP contribution is -2.46. The van der Waals surface area contributed by atoms with Crippen molar-refractivity contribution in [2.24, 2.45) is 5.92 Å². The van der Waals surface area contributed by atoms with E-state index < -0.39 is 6.61 Å². The van der Waals surface area contributed by atoms with Crippen LogP contribution in [0.15, 0.2) is 24.3 Å². The van der Waals surface area contributed by atoms with Gasteiger partial charge in [0.2, 0.25) is 0 Å². The van der Waals surface area contributed by atoms with Crippen LogP contribution in [0.4, 0.5) is 8.78 Å². The molecule has 1 aromatic carbocycles. The lowest BCUT2D eigenvalue weighted by Gasteiger charge is -2.33. The Kier molecular flexibility index (Phi) is 6.93. The topological polar surface area (TPSA) is 44.8 Å². The molecule has 7 heteroatoms. The minimum Gasteiger partial charge on any atom is -0.435 e. The molecule has 2 rings (SSSR count). The second kappa shape index (κ2) is 8.94. The highest BCUT2D eigenvalue weighted by atomic mass is 19.3. The van der Waals surface area contributed by atoms with Gasteiger partial charge in [0, 0.05) is 44.8 Å². The van der Waals surface area contributed by atoms with Gasteiger partial charge < -0.3 is 19.9 Å². The number of piperazine rings is 1. The van der Waals surface area contributed by atoms with Crippen LogP contribution in [0, 0.1) is 5.92 Å². The summed E-state index contributed by atoms with van der Waals surface area (Å²) in [6.45, 7) is 5.05. The van der Waals surface area contributed by atoms with Crippen LogP contribution in [0.25, 0.3) is 0 Å². The molecule has 0 bridgehead atoms. The van der Waals surface area contributed by atoms with Crippen molar-refractivity contribution in [3.8, 4) is 5.75 Å². The summed E-state index contributed by atoms with van der Waals surface area (Å²) in [4.78, 5) is 16.8. The van der Waals surface area contributed by atoms with E-state index in [-0.39, 0.29) is 11.7 Å². The van der Waals surface area contributed by atoms with Crippen LogP contribution in [0.5, 0.6) is 5.75 Å². The monoisotopic (exact) mass is 341 g/mol. The molecule has 1 saturated heterocycles. The van der Waals surface area contributed by atoms with E-state index in [2.05, 4.69) is 33.8 Å². The first-order chi connectivity index (χ1) is 11.4. The molecule has 1 aliphatic heterocycles. The van der Waals surface area contributed by atoms with E-state index >= 15 is 0 Å². The van der Waals surface area contributed by atoms with Crippen LogP contribution >= 0.6 is 0 Å². The van der Waals surface area contributed by atoms with Gasteiger partial charge in [-0.2, -0.15) is 8.78 Å². The van der Waals surface area contributed by atoms with Crippen LogP contribution in [0.2, 0.25) is 0 Å². The summed E-state index contributed by atoms with van der Waals surface area (Å²) >= 11 is 0. The Morgan fingerprint density at radius 1 is 1.21 bits per heavy atom. The number of hydrogen-bond donors (Lipinski definition) is 1. The number of nitrogens with zero attached hydrogens (tertiary/aromatic N) is 2. The summed E-state index contributed by atoms with van der Waals surface area (Å²) in [5.41, 5.74) is 0.434. The molecule has 24 heavy (non-hydrogen) atoms. The van der Waals surface area contributed by atoms with Crippen molar-refractivity contribution in [3.05, 3.63) is 29.8 Å². The van der Waals surface area contributed by atoms with Crippen molar-refractivity contribution in [1.29, 1.82) is 0 Å². The molecule has 0 aliphatic carbocycles. The number of halogens is 2. The maximum absolute atomic E-state index is 12.1. The quantitative estimate of drug-likeness (QED) is 0.823. The zero-order valence-electron chi connectivity index (χ0n) is 14.2. The Morgan fingerprint density at radius 2 is 1.83 bits per heavy atom. The fraction of sp³-hybridized carbons (Fsp3) is 0.588. The molecule has 1 heterocycles. The summed E-state index contributed by atoms with van der Waals surface area (Å²) in [6.07, 6.45) is 0. The first-order valence-corrected chi connectivity index (χ1v) is 8.18. The van der Waals surface area contributed by atoms with Crippen LogP contribution in [-0.4, -0.2) is 68.6 Å². The molecule has 0 unspecified atom stereocenters. The lowest BCUT2D eigenvalue weighted by molar-refractivity contribution is -0.0498. The molecule has 1 N–H and O–H groups in total. The van der Waals surface area contributed by atoms with Gasteiger partial charge in [0.15, 0.2) is 0 Å². The van der Waals surface area contributed by atoms with Crippen LogP contribution < -0.4 is 10.1 Å². The third kappa shape index (κ3) is 6.05. The number of likely N-dealkylation sites (N-methyl/N-ethyl adjacent to an activating group) is 1. The molecule has 0 radical (unpaired) electrons. The average molecular weight is 341 g/mol. The zero-order valence-corrected chi connectivity index (χ0v) is 14.2. The van der Waals surface area contributed by atoms with Crippen LogP contribution in [0.3, 0.4) is 0 Å². The molecule has 1 fully saturated rings. The van der Waals surface area contributed by atoms with E-state index in [0.29, 0.717) is 18.0 Å². The van der Waals surface area contributed by atoms with E-state index in [1.54, 1.807) is 0 Å². The minimum atomic E-state index is -2.86. The van der Waals surface area contributed by atoms with Gasteiger partial charge in [0.25, 0.3) is 5.91 Å². The van der Waals surface area contributed by atoms with Crippen LogP contribution in [-0.2, 0) is 0 Å². The SMILES string of the molecule is C[C@H](CNC(=O)c1ccc(OC(F)F)cc1)CN1CCN(C)CC1. The molecule has 0 saturated carbocycles. The number of amides is 1. The Labute approximate surface area is 141 Å². The van der Waals surface area contributed by atoms with Gasteiger partial charge in [-0.1, -0.05) is 6.92 Å². The fourth-order valence-corrected chi connectivity index (χ4v) is 2.69. The number of hydrogen-bond acceptors (Lipinski definition) is 4. The Balaban J connectivity index is 1.73. The number of alkyl halides is 2. The summed E-state index contributed by atoms with van der Waals surface area (Å²) in [5.74, 6) is 0.188. The van der Waals surface area contributed by atoms with E-state index in [4.69, 9.17) is 0 Å². The maximum Gasteiger partial charge on any atom is 0.387 e. The first kappa shape index (κ1) is 18.6. The van der Waals surface area contributed by atoms with Crippen molar-refractivity contribution in [1.82, 2.24) is 15.1 Å². The summed E-state index contributed by atoms with van der Waals surface area (Å²) in [5, 5.41) is 2.89. The normalized spacial score (nSPS) is 17.7. The average Bonchev–Trinajstić information content (AvgIpc) is 2.55. The number of benzene rings is 1. The highest BCUT2D eigenvalue weighted by molar-refractivity contribution is 5.94. The molecule has 5 nitrogen and oxygen atoms in total. The van der Waals surface area contributed by atoms with Crippen molar-refractivity contribution < 1.29 is 18.3 Å². The second-order valence-electron chi connectivity index (χ2n) is 6.32. The first-order valence-electron chi connectivity index (χ1n) is 8.18. The third-order valence-electron chi connectivity index (χ3n) is 4.12. The summed E-state index contributed by atoms with van der Waals surface area (Å²) in [7, 11) is 2.12. The smallest absolute Gasteiger partial charge is 0.387 e. The second-order valence-corrected chi connectivity index (χ2v) is 6.32. The standard InChI is InChI=1S/C17H25F2N3O2/c1-13(12-22-9-7-21(2)8-10-22)11-20-16(23)14-3-5-15(6-4-14)24-17(18)19/h3-6,13,17H,7-12H2,1-2H3,(H,20,23)/t13-/m1/s1. The van der Waals surface area contributed by atoms with Crippen molar-refractivity contribution in [2.75, 3.05) is 46.3 Å². The van der Waals surface area contributed by atoms with E-state index in [1.807, 2.05) is 0 Å². The Hall–Kier alpha value is -1.73. The van der Waals surface area contributed by atoms with Gasteiger partial charge in [-0.3, -0.25) is 4.79 Å². The van der Waals surface area contributed by atoms with E-state index in [1.165, 1.54) is 24.3 Å². The largest absolute Gasteiger partial charge is 0.435 e. The van der Waals surface area contributed by atoms with E-state index in [0.717, 1.165) is 32.7 Å². The molecule has 134 valence electrons. The predicted molar refractivity (Wildman–Crippen MR) is 88.5 cm³/mol. The lowest BCUT2D eigenvalue weighted by atomic mass is 10.1. The highest BCUT2D eigenvalue weighted by Crippen LogP contribution is 2.15. The van der Waals surface area contributed by atoms with E-state index in [9.17, 15) is 13.6 Å². The fourth-order valence-electron chi connectivity index (χ4n) is 2.69. The van der Waals surface area contributed by atoms with Crippen molar-refractivity contribution in [3.63, 3.8) is 0 Å². The predicted octanol–water partition coefficient (Wildman–Crippen LogP) is 1.90. The molecule has 0 spiro atoms. The molecule has 1 aliphatic rings. The zero-order chi connectivity index (χ0) is 17.5. The van der Waals surface area contributed by atoms with Gasteiger partial charge >= 0.3 is 6.61 Å². The maximum atomic E-state index is 12.1. The summed E-state index contributed by atoms with van der Waals surface area (Å²) < 4.78 is 28.5. The van der Waals surface area contributed by atoms with Gasteiger partial charge in [-0.25, -0.2) is 0 Å². The number of carbonyl (C=O) groups is 1. The minimum absolute atomic E-state index is 0.0463.